The standard InChI is InChI=1S/C20H23N3O4S2/c1-14(24)21-15-7-9-16(10-8-15)29(26,27)23(2)13-20(25)22-18-11-12-28-19-6-4-3-5-17(18)19/h3-10,18H,11-13H2,1-2H3,(H,21,24)(H,22,25). The van der Waals surface area contributed by atoms with Crippen molar-refractivity contribution >= 4 is 39.3 Å². The lowest BCUT2D eigenvalue weighted by atomic mass is 10.0. The average Bonchev–Trinajstić information content (AvgIpc) is 2.68. The number of nitrogens with zero attached hydrogens (tertiary/aromatic N) is 1. The van der Waals surface area contributed by atoms with Crippen molar-refractivity contribution in [3.05, 3.63) is 54.1 Å². The van der Waals surface area contributed by atoms with Gasteiger partial charge >= 0.3 is 0 Å². The Balaban J connectivity index is 1.65. The second-order valence-corrected chi connectivity index (χ2v) is 9.94. The fourth-order valence-corrected chi connectivity index (χ4v) is 5.36. The predicted octanol–water partition coefficient (Wildman–Crippen LogP) is 2.62. The van der Waals surface area contributed by atoms with Crippen molar-refractivity contribution in [2.24, 2.45) is 0 Å². The summed E-state index contributed by atoms with van der Waals surface area (Å²) in [7, 11) is -2.45. The Morgan fingerprint density at radius 2 is 1.83 bits per heavy atom. The first-order chi connectivity index (χ1) is 13.8. The van der Waals surface area contributed by atoms with Crippen LogP contribution in [0.15, 0.2) is 58.3 Å². The molecule has 0 aromatic heterocycles. The molecule has 0 bridgehead atoms. The summed E-state index contributed by atoms with van der Waals surface area (Å²) in [6, 6.07) is 13.6. The van der Waals surface area contributed by atoms with Crippen molar-refractivity contribution in [1.29, 1.82) is 0 Å². The van der Waals surface area contributed by atoms with Gasteiger partial charge in [-0.3, -0.25) is 9.59 Å². The van der Waals surface area contributed by atoms with Gasteiger partial charge in [0, 0.05) is 30.3 Å². The van der Waals surface area contributed by atoms with Crippen molar-refractivity contribution in [2.45, 2.75) is 29.2 Å². The molecule has 2 amide bonds. The summed E-state index contributed by atoms with van der Waals surface area (Å²) in [4.78, 5) is 24.8. The molecule has 1 unspecified atom stereocenters. The fourth-order valence-electron chi connectivity index (χ4n) is 3.11. The highest BCUT2D eigenvalue weighted by molar-refractivity contribution is 7.99. The van der Waals surface area contributed by atoms with Gasteiger partial charge in [0.15, 0.2) is 0 Å². The van der Waals surface area contributed by atoms with Crippen molar-refractivity contribution in [3.63, 3.8) is 0 Å². The number of likely N-dealkylation sites (N-methyl/N-ethyl adjacent to an activating group) is 1. The molecule has 0 saturated carbocycles. The normalized spacial score (nSPS) is 16.2. The van der Waals surface area contributed by atoms with Gasteiger partial charge in [0.25, 0.3) is 0 Å². The lowest BCUT2D eigenvalue weighted by Crippen LogP contribution is -2.40. The third kappa shape index (κ3) is 5.17. The molecule has 2 aromatic carbocycles. The first kappa shape index (κ1) is 21.4. The molecular formula is C20H23N3O4S2. The number of fused-ring (bicyclic) bond motifs is 1. The molecule has 3 rings (SSSR count). The van der Waals surface area contributed by atoms with Crippen LogP contribution < -0.4 is 10.6 Å². The van der Waals surface area contributed by atoms with E-state index in [0.717, 1.165) is 26.9 Å². The SMILES string of the molecule is CC(=O)Nc1ccc(S(=O)(=O)N(C)CC(=O)NC2CCSc3ccccc32)cc1. The summed E-state index contributed by atoms with van der Waals surface area (Å²) < 4.78 is 26.5. The minimum Gasteiger partial charge on any atom is -0.348 e. The van der Waals surface area contributed by atoms with E-state index in [1.807, 2.05) is 24.3 Å². The Kier molecular flexibility index (Phi) is 6.61. The number of nitrogens with one attached hydrogen (secondary N) is 2. The molecule has 2 aromatic rings. The molecule has 0 spiro atoms. The number of amides is 2. The van der Waals surface area contributed by atoms with Crippen molar-refractivity contribution < 1.29 is 18.0 Å². The number of anilines is 1. The van der Waals surface area contributed by atoms with Crippen LogP contribution in [-0.4, -0.2) is 43.9 Å². The Labute approximate surface area is 174 Å². The average molecular weight is 434 g/mol. The van der Waals surface area contributed by atoms with Crippen LogP contribution in [-0.2, 0) is 19.6 Å². The Bertz CT molecular complexity index is 1010. The van der Waals surface area contributed by atoms with Crippen LogP contribution in [0.4, 0.5) is 5.69 Å². The maximum atomic E-state index is 12.7. The van der Waals surface area contributed by atoms with Crippen molar-refractivity contribution in [1.82, 2.24) is 9.62 Å². The molecule has 0 radical (unpaired) electrons. The molecule has 1 heterocycles. The van der Waals surface area contributed by atoms with E-state index in [0.29, 0.717) is 5.69 Å². The molecule has 2 N–H and O–H groups in total. The molecule has 1 aliphatic heterocycles. The van der Waals surface area contributed by atoms with E-state index in [1.54, 1.807) is 11.8 Å². The van der Waals surface area contributed by atoms with E-state index in [9.17, 15) is 18.0 Å². The Morgan fingerprint density at radius 3 is 2.52 bits per heavy atom. The summed E-state index contributed by atoms with van der Waals surface area (Å²) in [6.07, 6.45) is 0.800. The summed E-state index contributed by atoms with van der Waals surface area (Å²) in [5, 5.41) is 5.54. The van der Waals surface area contributed by atoms with E-state index < -0.39 is 10.0 Å². The summed E-state index contributed by atoms with van der Waals surface area (Å²) in [6.45, 7) is 1.10. The molecule has 0 saturated heterocycles. The summed E-state index contributed by atoms with van der Waals surface area (Å²) >= 11 is 1.76. The topological polar surface area (TPSA) is 95.6 Å². The van der Waals surface area contributed by atoms with Crippen LogP contribution in [0.25, 0.3) is 0 Å². The lowest BCUT2D eigenvalue weighted by molar-refractivity contribution is -0.122. The zero-order chi connectivity index (χ0) is 21.0. The van der Waals surface area contributed by atoms with Crippen LogP contribution in [0.3, 0.4) is 0 Å². The highest BCUT2D eigenvalue weighted by atomic mass is 32.2. The molecule has 0 aliphatic carbocycles. The van der Waals surface area contributed by atoms with Gasteiger partial charge in [-0.05, 0) is 42.3 Å². The van der Waals surface area contributed by atoms with Gasteiger partial charge in [-0.1, -0.05) is 18.2 Å². The number of thioether (sulfide) groups is 1. The second kappa shape index (κ2) is 8.98. The Morgan fingerprint density at radius 1 is 1.14 bits per heavy atom. The quantitative estimate of drug-likeness (QED) is 0.730. The van der Waals surface area contributed by atoms with Crippen LogP contribution >= 0.6 is 11.8 Å². The third-order valence-corrected chi connectivity index (χ3v) is 7.48. The molecule has 9 heteroatoms. The van der Waals surface area contributed by atoms with Gasteiger partial charge in [-0.25, -0.2) is 8.42 Å². The first-order valence-electron chi connectivity index (χ1n) is 9.12. The zero-order valence-electron chi connectivity index (χ0n) is 16.2. The van der Waals surface area contributed by atoms with Crippen LogP contribution in [0.5, 0.6) is 0 Å². The van der Waals surface area contributed by atoms with E-state index >= 15 is 0 Å². The maximum Gasteiger partial charge on any atom is 0.243 e. The summed E-state index contributed by atoms with van der Waals surface area (Å²) in [5.41, 5.74) is 1.57. The van der Waals surface area contributed by atoms with Gasteiger partial charge < -0.3 is 10.6 Å². The predicted molar refractivity (Wildman–Crippen MR) is 113 cm³/mol. The van der Waals surface area contributed by atoms with Crippen molar-refractivity contribution in [3.8, 4) is 0 Å². The number of hydrogen-bond donors (Lipinski definition) is 2. The molecule has 1 aliphatic rings. The van der Waals surface area contributed by atoms with Crippen LogP contribution in [0.1, 0.15) is 24.9 Å². The largest absolute Gasteiger partial charge is 0.348 e. The molecule has 0 fully saturated rings. The molecule has 154 valence electrons. The van der Waals surface area contributed by atoms with Crippen LogP contribution in [0.2, 0.25) is 0 Å². The number of benzene rings is 2. The number of carbonyl (C=O) groups is 2. The van der Waals surface area contributed by atoms with Gasteiger partial charge in [-0.15, -0.1) is 11.8 Å². The monoisotopic (exact) mass is 433 g/mol. The maximum absolute atomic E-state index is 12.7. The molecule has 29 heavy (non-hydrogen) atoms. The van der Waals surface area contributed by atoms with Crippen LogP contribution in [0, 0.1) is 0 Å². The smallest absolute Gasteiger partial charge is 0.243 e. The summed E-state index contributed by atoms with van der Waals surface area (Å²) in [5.74, 6) is 0.311. The minimum atomic E-state index is -3.82. The van der Waals surface area contributed by atoms with E-state index in [-0.39, 0.29) is 29.3 Å². The highest BCUT2D eigenvalue weighted by Crippen LogP contribution is 2.35. The Hall–Kier alpha value is -2.36. The van der Waals surface area contributed by atoms with E-state index in [2.05, 4.69) is 10.6 Å². The van der Waals surface area contributed by atoms with Crippen molar-refractivity contribution in [2.75, 3.05) is 24.7 Å². The number of hydrogen-bond acceptors (Lipinski definition) is 5. The third-order valence-electron chi connectivity index (χ3n) is 4.54. The van der Waals surface area contributed by atoms with E-state index in [1.165, 1.54) is 38.2 Å². The zero-order valence-corrected chi connectivity index (χ0v) is 17.8. The lowest BCUT2D eigenvalue weighted by Gasteiger charge is -2.26. The first-order valence-corrected chi connectivity index (χ1v) is 11.5. The van der Waals surface area contributed by atoms with Gasteiger partial charge in [0.2, 0.25) is 21.8 Å². The molecule has 7 nitrogen and oxygen atoms in total. The minimum absolute atomic E-state index is 0.0568. The van der Waals surface area contributed by atoms with Gasteiger partial charge in [0.1, 0.15) is 0 Å². The number of rotatable bonds is 6. The van der Waals surface area contributed by atoms with E-state index in [4.69, 9.17) is 0 Å². The number of carbonyl (C=O) groups excluding carboxylic acids is 2. The highest BCUT2D eigenvalue weighted by Gasteiger charge is 2.26. The van der Waals surface area contributed by atoms with Gasteiger partial charge in [-0.2, -0.15) is 4.31 Å². The second-order valence-electron chi connectivity index (χ2n) is 6.76. The van der Waals surface area contributed by atoms with Gasteiger partial charge in [0.05, 0.1) is 17.5 Å². The molecular weight excluding hydrogens is 410 g/mol. The fraction of sp³-hybridized carbons (Fsp3) is 0.300. The molecule has 1 atom stereocenters. The number of sulfonamides is 1.